The van der Waals surface area contributed by atoms with Gasteiger partial charge in [0.25, 0.3) is 0 Å². The zero-order chi connectivity index (χ0) is 73.8. The van der Waals surface area contributed by atoms with Crippen LogP contribution in [0.25, 0.3) is 0 Å². The van der Waals surface area contributed by atoms with Gasteiger partial charge >= 0.3 is 35.8 Å². The third-order valence-electron chi connectivity index (χ3n) is 16.7. The van der Waals surface area contributed by atoms with E-state index in [9.17, 15) is 47.9 Å². The van der Waals surface area contributed by atoms with Gasteiger partial charge in [-0.2, -0.15) is 0 Å². The van der Waals surface area contributed by atoms with Crippen LogP contribution in [0, 0.1) is 47.3 Å². The van der Waals surface area contributed by atoms with Crippen molar-refractivity contribution in [2.75, 3.05) is 101 Å². The molecule has 5 saturated heterocycles. The van der Waals surface area contributed by atoms with Crippen LogP contribution in [0.1, 0.15) is 126 Å². The molecule has 29 heteroatoms. The van der Waals surface area contributed by atoms with E-state index in [0.29, 0.717) is 38.1 Å². The van der Waals surface area contributed by atoms with Gasteiger partial charge in [0.05, 0.1) is 49.4 Å². The van der Waals surface area contributed by atoms with Crippen molar-refractivity contribution < 1.29 is 110 Å². The van der Waals surface area contributed by atoms with Crippen molar-refractivity contribution in [3.05, 3.63) is 36.9 Å². The standard InChI is InChI=1S/2C21H29N5O2.2C6H8O7.C4H8O.CH4/c2*27-19-17-15-4-5-16(14-15)18(17)20(28)26(19)9-2-1-8-24-10-12-25(13-11-24)21-22-6-3-7-23-21;2*7-3(8)1-6(13,5(11)12)2-4(9)10;1-2-4-5-3-1;/h2*3,6-7,15-18H,1-2,4-5,8-14H2;2*13H,1-2H2,(H,7,8)(H,9,10)(H,11,12);1-4H2;1H4/t2*15-,16+,17-,18+;;;;/i2*1D2,2D2,8D2;;;;. The first-order valence-electron chi connectivity index (χ1n) is 34.6. The topological polar surface area (TPSA) is 413 Å². The number of nitrogens with zero attached hydrogens (tertiary/aromatic N) is 10. The molecule has 4 saturated carbocycles. The molecule has 88 heavy (non-hydrogen) atoms. The van der Waals surface area contributed by atoms with Crippen molar-refractivity contribution in [3.8, 4) is 0 Å². The van der Waals surface area contributed by atoms with Crippen LogP contribution in [-0.2, 0) is 52.7 Å². The molecule has 2 aromatic rings. The Morgan fingerprint density at radius 2 is 0.761 bits per heavy atom. The molecule has 0 radical (unpaired) electrons. The first-order chi connectivity index (χ1) is 46.0. The first-order valence-corrected chi connectivity index (χ1v) is 28.6. The van der Waals surface area contributed by atoms with Gasteiger partial charge in [-0.05, 0) is 126 Å². The minimum atomic E-state index is -2.98. The second kappa shape index (κ2) is 32.2. The van der Waals surface area contributed by atoms with E-state index in [1.807, 2.05) is 9.80 Å². The number of carbonyl (C=O) groups is 10. The van der Waals surface area contributed by atoms with Crippen LogP contribution in [0.3, 0.4) is 0 Å². The van der Waals surface area contributed by atoms with E-state index in [0.717, 1.165) is 61.5 Å². The highest BCUT2D eigenvalue weighted by atomic mass is 16.5. The van der Waals surface area contributed by atoms with Gasteiger partial charge in [-0.1, -0.05) is 7.43 Å². The molecule has 8 N–H and O–H groups in total. The summed E-state index contributed by atoms with van der Waals surface area (Å²) in [6.07, 6.45) is -1.79. The maximum Gasteiger partial charge on any atom is 0.336 e. The molecular formula is C59H86N10O19. The Labute approximate surface area is 526 Å². The summed E-state index contributed by atoms with van der Waals surface area (Å²) in [5.74, 6) is -11.8. The molecule has 5 aliphatic heterocycles. The van der Waals surface area contributed by atoms with Crippen LogP contribution < -0.4 is 9.80 Å². The van der Waals surface area contributed by atoms with E-state index in [-0.39, 0.29) is 57.3 Å². The molecule has 0 unspecified atom stereocenters. The lowest BCUT2D eigenvalue weighted by molar-refractivity contribution is -0.170. The molecule has 8 atom stereocenters. The van der Waals surface area contributed by atoms with Crippen LogP contribution in [0.15, 0.2) is 36.9 Å². The van der Waals surface area contributed by atoms with Crippen molar-refractivity contribution in [1.82, 2.24) is 39.5 Å². The average Bonchev–Trinajstić information content (AvgIpc) is 1.51. The minimum absolute atomic E-state index is 0. The number of aliphatic carboxylic acids is 6. The Bertz CT molecular complexity index is 3000. The Hall–Kier alpha value is -7.34. The number of imide groups is 2. The number of hydrogen-bond acceptors (Lipinski definition) is 21. The van der Waals surface area contributed by atoms with E-state index in [1.165, 1.54) is 22.6 Å². The van der Waals surface area contributed by atoms with E-state index in [2.05, 4.69) is 19.9 Å². The number of carboxylic acids is 6. The Kier molecular flexibility index (Phi) is 19.7. The van der Waals surface area contributed by atoms with Crippen molar-refractivity contribution in [2.24, 2.45) is 47.3 Å². The number of hydrogen-bond donors (Lipinski definition) is 8. The van der Waals surface area contributed by atoms with Gasteiger partial charge in [-0.25, -0.2) is 29.5 Å². The molecule has 29 nitrogen and oxygen atoms in total. The summed E-state index contributed by atoms with van der Waals surface area (Å²) in [6, 6.07) is 3.39. The lowest BCUT2D eigenvalue weighted by Gasteiger charge is -2.34. The molecule has 2 aromatic heterocycles. The number of likely N-dealkylation sites (tertiary alicyclic amines) is 2. The first kappa shape index (κ1) is 53.7. The molecule has 9 fully saturated rings. The van der Waals surface area contributed by atoms with Gasteiger partial charge in [0.2, 0.25) is 35.5 Å². The summed E-state index contributed by atoms with van der Waals surface area (Å²) in [5.41, 5.74) is -5.48. The van der Waals surface area contributed by atoms with Crippen LogP contribution >= 0.6 is 0 Å². The minimum Gasteiger partial charge on any atom is -0.481 e. The van der Waals surface area contributed by atoms with Gasteiger partial charge in [0.1, 0.15) is 0 Å². The lowest BCUT2D eigenvalue weighted by atomic mass is 9.81. The zero-order valence-electron chi connectivity index (χ0n) is 59.6. The number of carbonyl (C=O) groups excluding carboxylic acids is 4. The Morgan fingerprint density at radius 1 is 0.477 bits per heavy atom. The number of aliphatic hydroxyl groups is 2. The van der Waals surface area contributed by atoms with Crippen LogP contribution in [0.4, 0.5) is 11.9 Å². The van der Waals surface area contributed by atoms with Gasteiger partial charge in [0, 0.05) is 120 Å². The number of rotatable bonds is 22. The fourth-order valence-electron chi connectivity index (χ4n) is 12.6. The van der Waals surface area contributed by atoms with Gasteiger partial charge in [-0.3, -0.25) is 58.0 Å². The molecule has 11 rings (SSSR count). The molecular weight excluding hydrogens is 1150 g/mol. The van der Waals surface area contributed by atoms with Gasteiger partial charge in [-0.15, -0.1) is 0 Å². The van der Waals surface area contributed by atoms with E-state index in [4.69, 9.17) is 62.0 Å². The van der Waals surface area contributed by atoms with Gasteiger partial charge < -0.3 is 55.4 Å². The normalized spacial score (nSPS) is 28.2. The fourth-order valence-corrected chi connectivity index (χ4v) is 12.6. The second-order valence-corrected chi connectivity index (χ2v) is 22.4. The van der Waals surface area contributed by atoms with Gasteiger partial charge in [0.15, 0.2) is 11.2 Å². The van der Waals surface area contributed by atoms with E-state index < -0.39 is 172 Å². The number of anilines is 2. The predicted octanol–water partition coefficient (Wildman–Crippen LogP) is 1.76. The third-order valence-corrected chi connectivity index (χ3v) is 16.7. The fraction of sp³-hybridized carbons (Fsp3) is 0.695. The maximum absolute atomic E-state index is 13.0. The summed E-state index contributed by atoms with van der Waals surface area (Å²) >= 11 is 0. The number of ether oxygens (including phenoxy) is 1. The second-order valence-electron chi connectivity index (χ2n) is 22.4. The zero-order valence-corrected chi connectivity index (χ0v) is 47.6. The highest BCUT2D eigenvalue weighted by molar-refractivity contribution is 6.06. The molecule has 4 bridgehead atoms. The number of piperazine rings is 2. The van der Waals surface area contributed by atoms with E-state index in [1.54, 1.807) is 36.9 Å². The lowest BCUT2D eigenvalue weighted by Crippen LogP contribution is -2.47. The number of carboxylic acid groups (broad SMARTS) is 6. The Balaban J connectivity index is 0.000000222. The number of aromatic nitrogens is 4. The van der Waals surface area contributed by atoms with Crippen LogP contribution in [0.5, 0.6) is 0 Å². The van der Waals surface area contributed by atoms with Crippen molar-refractivity contribution >= 4 is 71.3 Å². The van der Waals surface area contributed by atoms with Crippen molar-refractivity contribution in [3.63, 3.8) is 0 Å². The molecule has 9 aliphatic rings. The molecule has 7 heterocycles. The summed E-state index contributed by atoms with van der Waals surface area (Å²) < 4.78 is 107. The molecule has 0 spiro atoms. The van der Waals surface area contributed by atoms with Crippen LogP contribution in [0.2, 0.25) is 0 Å². The summed E-state index contributed by atoms with van der Waals surface area (Å²) in [7, 11) is 0. The SMILES string of the molecule is C.C1CCOC1.O=C(O)CC(O)(CC(=O)O)C(=O)O.O=C(O)CC(O)(CC(=O)O)C(=O)O.[2H]C([2H])(CN1C(=O)[C@@H]2[C@@H]3CC[C@@H](C3)[C@@H]2C1=O)C([2H])([2H])C([2H])([2H])N1CCN(c2ncccn2)CC1.[2H]C([2H])(CN1C(=O)[C@@H]2[C@@H]3CC[C@@H](C3)[C@@H]2C1=O)C([2H])([2H])C([2H])([2H])N1CCN(c2ncccn2)CC1. The Morgan fingerprint density at radius 3 is 1.00 bits per heavy atom. The molecule has 0 aromatic carbocycles. The van der Waals surface area contributed by atoms with Crippen molar-refractivity contribution in [2.45, 2.75) is 121 Å². The van der Waals surface area contributed by atoms with E-state index >= 15 is 0 Å². The predicted molar refractivity (Wildman–Crippen MR) is 310 cm³/mol. The quantitative estimate of drug-likeness (QED) is 0.0779. The summed E-state index contributed by atoms with van der Waals surface area (Å²) in [4.78, 5) is 138. The third kappa shape index (κ3) is 18.2. The monoisotopic (exact) mass is 1250 g/mol. The molecule has 4 amide bonds. The summed E-state index contributed by atoms with van der Waals surface area (Å²) in [5, 5.41) is 67.6. The largest absolute Gasteiger partial charge is 0.481 e. The highest BCUT2D eigenvalue weighted by Gasteiger charge is 2.62. The van der Waals surface area contributed by atoms with Crippen LogP contribution in [-0.4, -0.2) is 243 Å². The number of fused-ring (bicyclic) bond motifs is 10. The average molecular weight is 1250 g/mol. The summed E-state index contributed by atoms with van der Waals surface area (Å²) in [6.45, 7) is -2.85. The van der Waals surface area contributed by atoms with Crippen molar-refractivity contribution in [1.29, 1.82) is 0 Å². The maximum atomic E-state index is 13.0. The number of amides is 4. The highest BCUT2D eigenvalue weighted by Crippen LogP contribution is 2.57. The molecule has 4 aliphatic carbocycles. The smallest absolute Gasteiger partial charge is 0.336 e. The molecule has 486 valence electrons.